The standard InChI is InChI=1S/C15H23N3O3S/c1-11-12(17-5-7-21-8-6-17)3-4-18(11)15(19)13-9-16-14(22-13)10-20-2/h9,11-12H,3-8,10H2,1-2H3/t11-,12-/m1/s1. The van der Waals surface area contributed by atoms with Gasteiger partial charge in [0.25, 0.3) is 5.91 Å². The van der Waals surface area contributed by atoms with Gasteiger partial charge in [-0.15, -0.1) is 11.3 Å². The van der Waals surface area contributed by atoms with Gasteiger partial charge in [0.1, 0.15) is 9.88 Å². The third-order valence-corrected chi connectivity index (χ3v) is 5.48. The second-order valence-corrected chi connectivity index (χ2v) is 6.91. The van der Waals surface area contributed by atoms with Crippen LogP contribution in [0, 0.1) is 0 Å². The Hall–Kier alpha value is -1.02. The minimum atomic E-state index is 0.100. The van der Waals surface area contributed by atoms with Crippen molar-refractivity contribution in [2.45, 2.75) is 32.0 Å². The van der Waals surface area contributed by atoms with Crippen molar-refractivity contribution in [1.29, 1.82) is 0 Å². The largest absolute Gasteiger partial charge is 0.379 e. The topological polar surface area (TPSA) is 54.9 Å². The third-order valence-electron chi connectivity index (χ3n) is 4.52. The summed E-state index contributed by atoms with van der Waals surface area (Å²) in [6, 6.07) is 0.679. The van der Waals surface area contributed by atoms with Crippen LogP contribution in [0.1, 0.15) is 28.0 Å². The van der Waals surface area contributed by atoms with Crippen molar-refractivity contribution in [3.63, 3.8) is 0 Å². The van der Waals surface area contributed by atoms with Crippen LogP contribution in [-0.4, -0.2) is 72.7 Å². The Kier molecular flexibility index (Phi) is 5.07. The summed E-state index contributed by atoms with van der Waals surface area (Å²) in [5, 5.41) is 0.849. The van der Waals surface area contributed by atoms with Crippen LogP contribution in [0.4, 0.5) is 0 Å². The van der Waals surface area contributed by atoms with Crippen molar-refractivity contribution in [2.75, 3.05) is 40.0 Å². The van der Waals surface area contributed by atoms with E-state index in [1.807, 2.05) is 4.90 Å². The molecule has 6 nitrogen and oxygen atoms in total. The van der Waals surface area contributed by atoms with Crippen LogP contribution in [0.3, 0.4) is 0 Å². The molecular weight excluding hydrogens is 302 g/mol. The number of hydrogen-bond acceptors (Lipinski definition) is 6. The number of thiazole rings is 1. The fraction of sp³-hybridized carbons (Fsp3) is 0.733. The summed E-state index contributed by atoms with van der Waals surface area (Å²) in [5.74, 6) is 0.100. The Labute approximate surface area is 135 Å². The predicted octanol–water partition coefficient (Wildman–Crippen LogP) is 1.22. The molecule has 3 rings (SSSR count). The van der Waals surface area contributed by atoms with Gasteiger partial charge in [-0.1, -0.05) is 0 Å². The van der Waals surface area contributed by atoms with Gasteiger partial charge in [-0.3, -0.25) is 9.69 Å². The Morgan fingerprint density at radius 1 is 1.45 bits per heavy atom. The number of carbonyl (C=O) groups excluding carboxylic acids is 1. The lowest BCUT2D eigenvalue weighted by atomic mass is 10.1. The van der Waals surface area contributed by atoms with Gasteiger partial charge in [0.15, 0.2) is 0 Å². The molecule has 0 aromatic carbocycles. The fourth-order valence-corrected chi connectivity index (χ4v) is 4.19. The number of aromatic nitrogens is 1. The highest BCUT2D eigenvalue weighted by Gasteiger charge is 2.38. The van der Waals surface area contributed by atoms with Gasteiger partial charge in [-0.05, 0) is 13.3 Å². The highest BCUT2D eigenvalue weighted by Crippen LogP contribution is 2.27. The van der Waals surface area contributed by atoms with E-state index >= 15 is 0 Å². The van der Waals surface area contributed by atoms with Gasteiger partial charge in [0, 0.05) is 38.8 Å². The second kappa shape index (κ2) is 7.04. The molecule has 2 fully saturated rings. The van der Waals surface area contributed by atoms with Crippen LogP contribution in [-0.2, 0) is 16.1 Å². The van der Waals surface area contributed by atoms with Crippen LogP contribution in [0.5, 0.6) is 0 Å². The first-order chi connectivity index (χ1) is 10.7. The van der Waals surface area contributed by atoms with Crippen molar-refractivity contribution >= 4 is 17.2 Å². The van der Waals surface area contributed by atoms with Crippen LogP contribution in [0.15, 0.2) is 6.20 Å². The molecule has 122 valence electrons. The maximum Gasteiger partial charge on any atom is 0.265 e. The number of ether oxygens (including phenoxy) is 2. The zero-order valence-electron chi connectivity index (χ0n) is 13.2. The monoisotopic (exact) mass is 325 g/mol. The maximum absolute atomic E-state index is 12.7. The highest BCUT2D eigenvalue weighted by atomic mass is 32.1. The molecule has 0 radical (unpaired) electrons. The van der Waals surface area contributed by atoms with Gasteiger partial charge in [-0.25, -0.2) is 4.98 Å². The molecule has 0 unspecified atom stereocenters. The van der Waals surface area contributed by atoms with Gasteiger partial charge < -0.3 is 14.4 Å². The third kappa shape index (κ3) is 3.17. The van der Waals surface area contributed by atoms with E-state index in [-0.39, 0.29) is 11.9 Å². The normalized spacial score (nSPS) is 26.5. The number of morpholine rings is 1. The number of likely N-dealkylation sites (tertiary alicyclic amines) is 1. The molecular formula is C15H23N3O3S. The van der Waals surface area contributed by atoms with Crippen LogP contribution in [0.2, 0.25) is 0 Å². The lowest BCUT2D eigenvalue weighted by molar-refractivity contribution is 0.0105. The Morgan fingerprint density at radius 2 is 2.23 bits per heavy atom. The maximum atomic E-state index is 12.7. The molecule has 0 saturated carbocycles. The van der Waals surface area contributed by atoms with E-state index in [2.05, 4.69) is 16.8 Å². The van der Waals surface area contributed by atoms with Crippen LogP contribution < -0.4 is 0 Å². The Morgan fingerprint density at radius 3 is 2.95 bits per heavy atom. The number of nitrogens with zero attached hydrogens (tertiary/aromatic N) is 3. The minimum Gasteiger partial charge on any atom is -0.379 e. The van der Waals surface area contributed by atoms with Crippen LogP contribution >= 0.6 is 11.3 Å². The van der Waals surface area contributed by atoms with Crippen molar-refractivity contribution in [3.05, 3.63) is 16.1 Å². The van der Waals surface area contributed by atoms with Crippen molar-refractivity contribution in [3.8, 4) is 0 Å². The first kappa shape index (κ1) is 15.9. The molecule has 1 aromatic rings. The van der Waals surface area contributed by atoms with E-state index < -0.39 is 0 Å². The molecule has 2 saturated heterocycles. The number of carbonyl (C=O) groups is 1. The SMILES string of the molecule is COCc1ncc(C(=O)N2CC[C@@H](N3CCOCC3)[C@H]2C)s1. The molecule has 1 aromatic heterocycles. The number of hydrogen-bond donors (Lipinski definition) is 0. The Balaban J connectivity index is 1.65. The van der Waals surface area contributed by atoms with E-state index in [1.54, 1.807) is 13.3 Å². The first-order valence-corrected chi connectivity index (χ1v) is 8.58. The zero-order valence-corrected chi connectivity index (χ0v) is 14.0. The molecule has 2 aliphatic heterocycles. The lowest BCUT2D eigenvalue weighted by Gasteiger charge is -2.35. The first-order valence-electron chi connectivity index (χ1n) is 7.77. The molecule has 2 aliphatic rings. The van der Waals surface area contributed by atoms with Crippen LogP contribution in [0.25, 0.3) is 0 Å². The average Bonchev–Trinajstić information content (AvgIpc) is 3.15. The summed E-state index contributed by atoms with van der Waals surface area (Å²) < 4.78 is 10.5. The van der Waals surface area contributed by atoms with E-state index in [4.69, 9.17) is 9.47 Å². The molecule has 0 N–H and O–H groups in total. The van der Waals surface area contributed by atoms with Crippen molar-refractivity contribution < 1.29 is 14.3 Å². The van der Waals surface area contributed by atoms with Gasteiger partial charge in [0.05, 0.1) is 26.0 Å². The van der Waals surface area contributed by atoms with E-state index in [0.717, 1.165) is 44.3 Å². The fourth-order valence-electron chi connectivity index (χ4n) is 3.35. The minimum absolute atomic E-state index is 0.100. The highest BCUT2D eigenvalue weighted by molar-refractivity contribution is 7.13. The second-order valence-electron chi connectivity index (χ2n) is 5.79. The number of amides is 1. The molecule has 0 spiro atoms. The quantitative estimate of drug-likeness (QED) is 0.833. The molecule has 0 aliphatic carbocycles. The summed E-state index contributed by atoms with van der Waals surface area (Å²) in [4.78, 5) is 22.1. The molecule has 3 heterocycles. The van der Waals surface area contributed by atoms with E-state index in [0.29, 0.717) is 17.5 Å². The average molecular weight is 325 g/mol. The van der Waals surface area contributed by atoms with E-state index in [9.17, 15) is 4.79 Å². The summed E-state index contributed by atoms with van der Waals surface area (Å²) in [6.45, 7) is 6.97. The van der Waals surface area contributed by atoms with Crippen molar-refractivity contribution in [1.82, 2.24) is 14.8 Å². The molecule has 7 heteroatoms. The zero-order chi connectivity index (χ0) is 15.5. The van der Waals surface area contributed by atoms with E-state index in [1.165, 1.54) is 11.3 Å². The summed E-state index contributed by atoms with van der Waals surface area (Å²) in [7, 11) is 1.64. The number of methoxy groups -OCH3 is 1. The Bertz CT molecular complexity index is 516. The summed E-state index contributed by atoms with van der Waals surface area (Å²) in [6.07, 6.45) is 2.72. The summed E-state index contributed by atoms with van der Waals surface area (Å²) >= 11 is 1.43. The van der Waals surface area contributed by atoms with Gasteiger partial charge in [-0.2, -0.15) is 0 Å². The smallest absolute Gasteiger partial charge is 0.265 e. The molecule has 22 heavy (non-hydrogen) atoms. The molecule has 2 atom stereocenters. The molecule has 1 amide bonds. The predicted molar refractivity (Wildman–Crippen MR) is 84.1 cm³/mol. The van der Waals surface area contributed by atoms with Crippen molar-refractivity contribution in [2.24, 2.45) is 0 Å². The van der Waals surface area contributed by atoms with Gasteiger partial charge >= 0.3 is 0 Å². The van der Waals surface area contributed by atoms with Gasteiger partial charge in [0.2, 0.25) is 0 Å². The molecule has 0 bridgehead atoms. The lowest BCUT2D eigenvalue weighted by Crippen LogP contribution is -2.49. The number of rotatable bonds is 4. The summed E-state index contributed by atoms with van der Waals surface area (Å²) in [5.41, 5.74) is 0.